The van der Waals surface area contributed by atoms with Crippen LogP contribution in [0.5, 0.6) is 0 Å². The summed E-state index contributed by atoms with van der Waals surface area (Å²) < 4.78 is 32.3. The first-order valence-corrected chi connectivity index (χ1v) is 6.51. The number of halogens is 2. The molecule has 0 bridgehead atoms. The van der Waals surface area contributed by atoms with Crippen molar-refractivity contribution in [1.82, 2.24) is 4.90 Å². The molecule has 1 saturated heterocycles. The van der Waals surface area contributed by atoms with Gasteiger partial charge in [0, 0.05) is 30.8 Å². The smallest absolute Gasteiger partial charge is 0.128 e. The Balaban J connectivity index is 2.04. The van der Waals surface area contributed by atoms with Gasteiger partial charge < -0.3 is 10.5 Å². The molecule has 3 unspecified atom stereocenters. The highest BCUT2D eigenvalue weighted by Crippen LogP contribution is 2.22. The van der Waals surface area contributed by atoms with E-state index >= 15 is 0 Å². The standard InChI is InChI=1S/C14H20F2N2O/c1-9-14(5-6-19-9)18(2)8-13(17)11-7-10(15)3-4-12(11)16/h3-4,7,9,13-14H,5-6,8,17H2,1-2H3. The van der Waals surface area contributed by atoms with Crippen molar-refractivity contribution in [2.24, 2.45) is 5.73 Å². The number of likely N-dealkylation sites (N-methyl/N-ethyl adjacent to an activating group) is 1. The molecule has 1 aliphatic rings. The number of ether oxygens (including phenoxy) is 1. The Morgan fingerprint density at radius 2 is 2.21 bits per heavy atom. The molecule has 3 nitrogen and oxygen atoms in total. The summed E-state index contributed by atoms with van der Waals surface area (Å²) in [7, 11) is 1.94. The number of hydrogen-bond donors (Lipinski definition) is 1. The molecular formula is C14H20F2N2O. The Kier molecular flexibility index (Phi) is 4.50. The molecule has 0 radical (unpaired) electrons. The van der Waals surface area contributed by atoms with Crippen LogP contribution in [0.15, 0.2) is 18.2 Å². The quantitative estimate of drug-likeness (QED) is 0.910. The van der Waals surface area contributed by atoms with E-state index in [9.17, 15) is 8.78 Å². The molecule has 0 spiro atoms. The molecule has 5 heteroatoms. The van der Waals surface area contributed by atoms with Crippen molar-refractivity contribution in [1.29, 1.82) is 0 Å². The molecule has 2 rings (SSSR count). The van der Waals surface area contributed by atoms with Crippen LogP contribution in [-0.4, -0.2) is 37.2 Å². The zero-order chi connectivity index (χ0) is 14.0. The zero-order valence-electron chi connectivity index (χ0n) is 11.3. The molecule has 2 N–H and O–H groups in total. The molecule has 1 aromatic rings. The molecule has 19 heavy (non-hydrogen) atoms. The SMILES string of the molecule is CC1OCCC1N(C)CC(N)c1cc(F)ccc1F. The van der Waals surface area contributed by atoms with Crippen LogP contribution in [0.3, 0.4) is 0 Å². The van der Waals surface area contributed by atoms with Gasteiger partial charge in [-0.05, 0) is 38.6 Å². The fraction of sp³-hybridized carbons (Fsp3) is 0.571. The lowest BCUT2D eigenvalue weighted by Crippen LogP contribution is -2.41. The van der Waals surface area contributed by atoms with Gasteiger partial charge in [-0.15, -0.1) is 0 Å². The van der Waals surface area contributed by atoms with Gasteiger partial charge in [0.15, 0.2) is 0 Å². The number of nitrogens with two attached hydrogens (primary N) is 1. The van der Waals surface area contributed by atoms with Gasteiger partial charge in [-0.1, -0.05) is 0 Å². The highest BCUT2D eigenvalue weighted by molar-refractivity contribution is 5.22. The van der Waals surface area contributed by atoms with Gasteiger partial charge in [-0.25, -0.2) is 8.78 Å². The van der Waals surface area contributed by atoms with E-state index < -0.39 is 17.7 Å². The summed E-state index contributed by atoms with van der Waals surface area (Å²) in [5.41, 5.74) is 6.21. The lowest BCUT2D eigenvalue weighted by molar-refractivity contribution is 0.0817. The zero-order valence-corrected chi connectivity index (χ0v) is 11.3. The Labute approximate surface area is 112 Å². The Morgan fingerprint density at radius 3 is 2.84 bits per heavy atom. The second kappa shape index (κ2) is 5.94. The Hall–Kier alpha value is -1.04. The molecule has 0 aliphatic carbocycles. The summed E-state index contributed by atoms with van der Waals surface area (Å²) >= 11 is 0. The van der Waals surface area contributed by atoms with Crippen LogP contribution in [0.2, 0.25) is 0 Å². The van der Waals surface area contributed by atoms with Gasteiger partial charge in [0.05, 0.1) is 6.10 Å². The first-order chi connectivity index (χ1) is 8.99. The van der Waals surface area contributed by atoms with E-state index in [2.05, 4.69) is 4.90 Å². The second-order valence-corrected chi connectivity index (χ2v) is 5.14. The summed E-state index contributed by atoms with van der Waals surface area (Å²) in [6.45, 7) is 3.22. The third kappa shape index (κ3) is 3.29. The summed E-state index contributed by atoms with van der Waals surface area (Å²) in [6, 6.07) is 3.12. The van der Waals surface area contributed by atoms with Crippen molar-refractivity contribution in [3.8, 4) is 0 Å². The molecule has 1 heterocycles. The number of benzene rings is 1. The fourth-order valence-electron chi connectivity index (χ4n) is 2.64. The van der Waals surface area contributed by atoms with E-state index in [1.807, 2.05) is 14.0 Å². The van der Waals surface area contributed by atoms with Crippen molar-refractivity contribution >= 4 is 0 Å². The van der Waals surface area contributed by atoms with Crippen molar-refractivity contribution < 1.29 is 13.5 Å². The van der Waals surface area contributed by atoms with E-state index in [0.717, 1.165) is 25.2 Å². The maximum atomic E-state index is 13.6. The topological polar surface area (TPSA) is 38.5 Å². The Morgan fingerprint density at radius 1 is 1.47 bits per heavy atom. The highest BCUT2D eigenvalue weighted by atomic mass is 19.1. The van der Waals surface area contributed by atoms with Gasteiger partial charge >= 0.3 is 0 Å². The molecule has 0 amide bonds. The lowest BCUT2D eigenvalue weighted by atomic mass is 10.0. The minimum absolute atomic E-state index is 0.148. The predicted octanol–water partition coefficient (Wildman–Crippen LogP) is 2.07. The van der Waals surface area contributed by atoms with Gasteiger partial charge in [0.2, 0.25) is 0 Å². The van der Waals surface area contributed by atoms with E-state index in [1.165, 1.54) is 6.07 Å². The van der Waals surface area contributed by atoms with E-state index in [0.29, 0.717) is 6.54 Å². The molecule has 1 fully saturated rings. The molecule has 1 aromatic carbocycles. The number of nitrogens with zero attached hydrogens (tertiary/aromatic N) is 1. The van der Waals surface area contributed by atoms with Crippen molar-refractivity contribution in [2.75, 3.05) is 20.2 Å². The third-order valence-electron chi connectivity index (χ3n) is 3.74. The van der Waals surface area contributed by atoms with Gasteiger partial charge in [0.25, 0.3) is 0 Å². The largest absolute Gasteiger partial charge is 0.377 e. The minimum Gasteiger partial charge on any atom is -0.377 e. The lowest BCUT2D eigenvalue weighted by Gasteiger charge is -2.29. The second-order valence-electron chi connectivity index (χ2n) is 5.14. The molecule has 106 valence electrons. The predicted molar refractivity (Wildman–Crippen MR) is 69.7 cm³/mol. The van der Waals surface area contributed by atoms with E-state index in [4.69, 9.17) is 10.5 Å². The summed E-state index contributed by atoms with van der Waals surface area (Å²) in [5, 5.41) is 0. The van der Waals surface area contributed by atoms with E-state index in [1.54, 1.807) is 0 Å². The van der Waals surface area contributed by atoms with Crippen molar-refractivity contribution in [3.05, 3.63) is 35.4 Å². The first kappa shape index (κ1) is 14.4. The summed E-state index contributed by atoms with van der Waals surface area (Å²) in [6.07, 6.45) is 1.09. The fourth-order valence-corrected chi connectivity index (χ4v) is 2.64. The van der Waals surface area contributed by atoms with Crippen LogP contribution in [0.1, 0.15) is 24.9 Å². The number of rotatable bonds is 4. The first-order valence-electron chi connectivity index (χ1n) is 6.51. The van der Waals surface area contributed by atoms with Crippen molar-refractivity contribution in [2.45, 2.75) is 31.5 Å². The van der Waals surface area contributed by atoms with Crippen LogP contribution in [-0.2, 0) is 4.74 Å². The molecule has 0 saturated carbocycles. The Bertz CT molecular complexity index is 441. The van der Waals surface area contributed by atoms with E-state index in [-0.39, 0.29) is 17.7 Å². The minimum atomic E-state index is -0.548. The maximum Gasteiger partial charge on any atom is 0.128 e. The average Bonchev–Trinajstić information content (AvgIpc) is 2.78. The van der Waals surface area contributed by atoms with Gasteiger partial charge in [0.1, 0.15) is 11.6 Å². The summed E-state index contributed by atoms with van der Waals surface area (Å²) in [5.74, 6) is -0.926. The molecular weight excluding hydrogens is 250 g/mol. The van der Waals surface area contributed by atoms with Crippen LogP contribution in [0.25, 0.3) is 0 Å². The van der Waals surface area contributed by atoms with Crippen LogP contribution in [0.4, 0.5) is 8.78 Å². The molecule has 0 aromatic heterocycles. The number of hydrogen-bond acceptors (Lipinski definition) is 3. The van der Waals surface area contributed by atoms with Gasteiger partial charge in [-0.3, -0.25) is 4.90 Å². The van der Waals surface area contributed by atoms with Gasteiger partial charge in [-0.2, -0.15) is 0 Å². The van der Waals surface area contributed by atoms with Crippen molar-refractivity contribution in [3.63, 3.8) is 0 Å². The normalized spacial score (nSPS) is 24.9. The average molecular weight is 270 g/mol. The monoisotopic (exact) mass is 270 g/mol. The van der Waals surface area contributed by atoms with Crippen LogP contribution in [0, 0.1) is 11.6 Å². The maximum absolute atomic E-state index is 13.6. The summed E-state index contributed by atoms with van der Waals surface area (Å²) in [4.78, 5) is 2.06. The van der Waals surface area contributed by atoms with Crippen LogP contribution >= 0.6 is 0 Å². The highest BCUT2D eigenvalue weighted by Gasteiger charge is 2.29. The molecule has 3 atom stereocenters. The molecule has 1 aliphatic heterocycles. The third-order valence-corrected chi connectivity index (χ3v) is 3.74. The van der Waals surface area contributed by atoms with Crippen LogP contribution < -0.4 is 5.73 Å².